The Morgan fingerprint density at radius 3 is 1.65 bits per heavy atom. The predicted molar refractivity (Wildman–Crippen MR) is 92.6 cm³/mol. The van der Waals surface area contributed by atoms with E-state index in [-0.39, 0.29) is 35.4 Å². The van der Waals surface area contributed by atoms with E-state index in [1.807, 2.05) is 6.92 Å². The number of hydrogen-bond acceptors (Lipinski definition) is 6. The summed E-state index contributed by atoms with van der Waals surface area (Å²) >= 11 is 0. The molecular weight excluding hydrogens is 316 g/mol. The number of aliphatic hydroxyl groups excluding tert-OH is 1. The Balaban J connectivity index is 0. The fraction of sp³-hybridized carbons (Fsp3) is 0.875. The van der Waals surface area contributed by atoms with Crippen molar-refractivity contribution in [3.8, 4) is 0 Å². The van der Waals surface area contributed by atoms with E-state index >= 15 is 0 Å². The Morgan fingerprint density at radius 2 is 1.39 bits per heavy atom. The third-order valence-corrected chi connectivity index (χ3v) is 8.48. The van der Waals surface area contributed by atoms with E-state index in [0.29, 0.717) is 6.61 Å². The molecule has 0 aliphatic heterocycles. The van der Waals surface area contributed by atoms with E-state index < -0.39 is 8.32 Å². The highest BCUT2D eigenvalue weighted by Gasteiger charge is 2.37. The van der Waals surface area contributed by atoms with E-state index in [2.05, 4.69) is 43.3 Å². The van der Waals surface area contributed by atoms with Gasteiger partial charge in [-0.15, -0.1) is 0 Å². The van der Waals surface area contributed by atoms with Gasteiger partial charge < -0.3 is 19.0 Å². The van der Waals surface area contributed by atoms with Gasteiger partial charge in [0.15, 0.2) is 8.32 Å². The van der Waals surface area contributed by atoms with Crippen LogP contribution in [-0.4, -0.2) is 52.8 Å². The molecule has 0 rings (SSSR count). The standard InChI is InChI=1S/C11H24O3Si.C5H10O3/c1-9(10(12)13-5)8-14-15(6,7)11(2,3)4;1-4(3-6)5(7)8-2/h9H,8H2,1-7H3;4,6H,3H2,1-2H3/t9-;4-/m00/s1. The zero-order chi connectivity index (χ0) is 18.8. The molecule has 0 aromatic carbocycles. The zero-order valence-electron chi connectivity index (χ0n) is 16.1. The smallest absolute Gasteiger partial charge is 0.310 e. The van der Waals surface area contributed by atoms with Gasteiger partial charge in [0.25, 0.3) is 0 Å². The van der Waals surface area contributed by atoms with Gasteiger partial charge in [-0.2, -0.15) is 0 Å². The Morgan fingerprint density at radius 1 is 1.00 bits per heavy atom. The Labute approximate surface area is 141 Å². The maximum atomic E-state index is 11.2. The van der Waals surface area contributed by atoms with Crippen LogP contribution in [0.15, 0.2) is 0 Å². The summed E-state index contributed by atoms with van der Waals surface area (Å²) in [4.78, 5) is 21.6. The lowest BCUT2D eigenvalue weighted by Crippen LogP contribution is -2.42. The van der Waals surface area contributed by atoms with Crippen LogP contribution >= 0.6 is 0 Å². The van der Waals surface area contributed by atoms with E-state index in [4.69, 9.17) is 9.53 Å². The average molecular weight is 351 g/mol. The zero-order valence-corrected chi connectivity index (χ0v) is 17.1. The van der Waals surface area contributed by atoms with Crippen LogP contribution in [0.2, 0.25) is 18.1 Å². The predicted octanol–water partition coefficient (Wildman–Crippen LogP) is 2.61. The molecule has 0 bridgehead atoms. The van der Waals surface area contributed by atoms with Crippen LogP contribution in [0.25, 0.3) is 0 Å². The number of rotatable bonds is 6. The summed E-state index contributed by atoms with van der Waals surface area (Å²) in [5, 5.41) is 8.52. The molecule has 7 heteroatoms. The van der Waals surface area contributed by atoms with E-state index in [0.717, 1.165) is 0 Å². The van der Waals surface area contributed by atoms with E-state index in [9.17, 15) is 9.59 Å². The lowest BCUT2D eigenvalue weighted by Gasteiger charge is -2.36. The first kappa shape index (κ1) is 24.3. The van der Waals surface area contributed by atoms with Gasteiger partial charge in [0.05, 0.1) is 32.7 Å². The summed E-state index contributed by atoms with van der Waals surface area (Å²) in [5.41, 5.74) is 0. The van der Waals surface area contributed by atoms with Crippen molar-refractivity contribution in [2.75, 3.05) is 27.4 Å². The Bertz CT molecular complexity index is 362. The van der Waals surface area contributed by atoms with Gasteiger partial charge >= 0.3 is 11.9 Å². The molecule has 0 unspecified atom stereocenters. The summed E-state index contributed by atoms with van der Waals surface area (Å²) < 4.78 is 14.9. The second kappa shape index (κ2) is 10.8. The molecule has 6 nitrogen and oxygen atoms in total. The molecule has 1 N–H and O–H groups in total. The van der Waals surface area contributed by atoms with Crippen molar-refractivity contribution in [2.24, 2.45) is 11.8 Å². The average Bonchev–Trinajstić information content (AvgIpc) is 2.49. The molecule has 0 aliphatic rings. The topological polar surface area (TPSA) is 82.1 Å². The number of ether oxygens (including phenoxy) is 2. The molecule has 2 atom stereocenters. The minimum Gasteiger partial charge on any atom is -0.469 e. The van der Waals surface area contributed by atoms with Gasteiger partial charge in [-0.3, -0.25) is 9.59 Å². The van der Waals surface area contributed by atoms with Crippen molar-refractivity contribution in [1.82, 2.24) is 0 Å². The summed E-state index contributed by atoms with van der Waals surface area (Å²) in [6.07, 6.45) is 0. The van der Waals surface area contributed by atoms with Crippen molar-refractivity contribution < 1.29 is 28.6 Å². The number of carbonyl (C=O) groups is 2. The van der Waals surface area contributed by atoms with Crippen LogP contribution in [0.1, 0.15) is 34.6 Å². The van der Waals surface area contributed by atoms with Gasteiger partial charge in [-0.1, -0.05) is 20.8 Å². The highest BCUT2D eigenvalue weighted by Crippen LogP contribution is 2.36. The highest BCUT2D eigenvalue weighted by molar-refractivity contribution is 6.74. The monoisotopic (exact) mass is 350 g/mol. The van der Waals surface area contributed by atoms with Crippen LogP contribution in [0.3, 0.4) is 0 Å². The van der Waals surface area contributed by atoms with Gasteiger partial charge in [-0.05, 0) is 32.0 Å². The third-order valence-electron chi connectivity index (χ3n) is 3.98. The van der Waals surface area contributed by atoms with E-state index in [1.54, 1.807) is 6.92 Å². The molecule has 0 aromatic rings. The second-order valence-electron chi connectivity index (χ2n) is 7.10. The number of methoxy groups -OCH3 is 2. The third kappa shape index (κ3) is 9.73. The minimum atomic E-state index is -1.73. The summed E-state index contributed by atoms with van der Waals surface area (Å²) in [6.45, 7) is 14.7. The van der Waals surface area contributed by atoms with Crippen LogP contribution in [0, 0.1) is 11.8 Å². The normalized spacial score (nSPS) is 14.2. The SMILES string of the molecule is COC(=O)[C@@H](C)CO.COC(=O)[C@@H](C)CO[Si](C)(C)C(C)(C)C. The maximum Gasteiger partial charge on any atom is 0.310 e. The minimum absolute atomic E-state index is 0.146. The summed E-state index contributed by atoms with van der Waals surface area (Å²) in [6, 6.07) is 0. The van der Waals surface area contributed by atoms with Crippen LogP contribution in [0.5, 0.6) is 0 Å². The molecular formula is C16H34O6Si. The van der Waals surface area contributed by atoms with Crippen molar-refractivity contribution in [3.63, 3.8) is 0 Å². The molecule has 23 heavy (non-hydrogen) atoms. The molecule has 138 valence electrons. The van der Waals surface area contributed by atoms with Crippen LogP contribution < -0.4 is 0 Å². The van der Waals surface area contributed by atoms with Gasteiger partial charge in [0.1, 0.15) is 0 Å². The van der Waals surface area contributed by atoms with Gasteiger partial charge in [0.2, 0.25) is 0 Å². The lowest BCUT2D eigenvalue weighted by molar-refractivity contribution is -0.146. The van der Waals surface area contributed by atoms with Crippen molar-refractivity contribution in [1.29, 1.82) is 0 Å². The van der Waals surface area contributed by atoms with Crippen molar-refractivity contribution in [3.05, 3.63) is 0 Å². The Kier molecular flexibility index (Phi) is 11.4. The fourth-order valence-corrected chi connectivity index (χ4v) is 2.19. The quantitative estimate of drug-likeness (QED) is 0.586. The molecule has 0 aromatic heterocycles. The molecule has 0 saturated carbocycles. The summed E-state index contributed by atoms with van der Waals surface area (Å²) in [5.74, 6) is -1.13. The highest BCUT2D eigenvalue weighted by atomic mass is 28.4. The fourth-order valence-electron chi connectivity index (χ4n) is 1.09. The van der Waals surface area contributed by atoms with Crippen LogP contribution in [-0.2, 0) is 23.5 Å². The maximum absolute atomic E-state index is 11.2. The van der Waals surface area contributed by atoms with Crippen molar-refractivity contribution in [2.45, 2.75) is 52.8 Å². The lowest BCUT2D eigenvalue weighted by atomic mass is 10.2. The molecule has 0 spiro atoms. The molecule has 0 aliphatic carbocycles. The first-order chi connectivity index (χ1) is 10.3. The molecule has 0 saturated heterocycles. The molecule has 0 amide bonds. The molecule has 0 heterocycles. The number of aliphatic hydroxyl groups is 1. The van der Waals surface area contributed by atoms with Crippen molar-refractivity contribution >= 4 is 20.3 Å². The number of carbonyl (C=O) groups excluding carboxylic acids is 2. The molecule has 0 fully saturated rings. The second-order valence-corrected chi connectivity index (χ2v) is 11.9. The largest absolute Gasteiger partial charge is 0.469 e. The number of hydrogen-bond donors (Lipinski definition) is 1. The number of esters is 2. The Hall–Kier alpha value is -0.923. The van der Waals surface area contributed by atoms with Gasteiger partial charge in [-0.25, -0.2) is 0 Å². The molecule has 0 radical (unpaired) electrons. The van der Waals surface area contributed by atoms with Gasteiger partial charge in [0, 0.05) is 6.61 Å². The van der Waals surface area contributed by atoms with E-state index in [1.165, 1.54) is 14.2 Å². The first-order valence-electron chi connectivity index (χ1n) is 7.74. The summed E-state index contributed by atoms with van der Waals surface area (Å²) in [7, 11) is 0.974. The van der Waals surface area contributed by atoms with Crippen LogP contribution in [0.4, 0.5) is 0 Å². The first-order valence-corrected chi connectivity index (χ1v) is 10.6.